The molecule has 0 aliphatic heterocycles. The highest BCUT2D eigenvalue weighted by Crippen LogP contribution is 2.26. The van der Waals surface area contributed by atoms with Crippen LogP contribution < -0.4 is 11.0 Å². The SMILES string of the molecule is C=C(C)[C@@H]1CC=C(C)/C(=N\NC(=O)c2nn(CCC)c(=O)c3ccccc23)C1. The van der Waals surface area contributed by atoms with E-state index >= 15 is 0 Å². The molecule has 1 atom stereocenters. The monoisotopic (exact) mass is 378 g/mol. The van der Waals surface area contributed by atoms with Crippen LogP contribution >= 0.6 is 0 Å². The summed E-state index contributed by atoms with van der Waals surface area (Å²) in [6.45, 7) is 10.5. The molecule has 1 aliphatic carbocycles. The van der Waals surface area contributed by atoms with E-state index in [9.17, 15) is 9.59 Å². The van der Waals surface area contributed by atoms with Crippen molar-refractivity contribution in [3.05, 3.63) is 64.1 Å². The zero-order valence-corrected chi connectivity index (χ0v) is 16.7. The van der Waals surface area contributed by atoms with Crippen LogP contribution in [0.3, 0.4) is 0 Å². The molecule has 1 N–H and O–H groups in total. The van der Waals surface area contributed by atoms with Gasteiger partial charge in [-0.15, -0.1) is 0 Å². The van der Waals surface area contributed by atoms with Gasteiger partial charge >= 0.3 is 0 Å². The van der Waals surface area contributed by atoms with Gasteiger partial charge in [-0.3, -0.25) is 9.59 Å². The van der Waals surface area contributed by atoms with E-state index in [1.165, 1.54) is 4.68 Å². The molecule has 1 aromatic heterocycles. The van der Waals surface area contributed by atoms with Crippen LogP contribution in [-0.4, -0.2) is 21.4 Å². The molecule has 1 aromatic carbocycles. The Morgan fingerprint density at radius 2 is 2.07 bits per heavy atom. The van der Waals surface area contributed by atoms with Crippen LogP contribution in [0.5, 0.6) is 0 Å². The van der Waals surface area contributed by atoms with Crippen molar-refractivity contribution in [2.24, 2.45) is 11.0 Å². The maximum atomic E-state index is 12.9. The van der Waals surface area contributed by atoms with Crippen molar-refractivity contribution in [2.75, 3.05) is 0 Å². The molecule has 0 radical (unpaired) electrons. The number of hydrazone groups is 1. The first-order valence-electron chi connectivity index (χ1n) is 9.61. The number of nitrogens with one attached hydrogen (secondary N) is 1. The lowest BCUT2D eigenvalue weighted by Gasteiger charge is -2.22. The molecule has 3 rings (SSSR count). The summed E-state index contributed by atoms with van der Waals surface area (Å²) in [6, 6.07) is 7.04. The summed E-state index contributed by atoms with van der Waals surface area (Å²) in [5.74, 6) is -0.0800. The van der Waals surface area contributed by atoms with Gasteiger partial charge in [0, 0.05) is 11.9 Å². The molecule has 1 heterocycles. The molecular formula is C22H26N4O2. The molecule has 0 fully saturated rings. The van der Waals surface area contributed by atoms with E-state index < -0.39 is 5.91 Å². The van der Waals surface area contributed by atoms with Gasteiger partial charge < -0.3 is 0 Å². The largest absolute Gasteiger partial charge is 0.292 e. The average molecular weight is 378 g/mol. The fourth-order valence-electron chi connectivity index (χ4n) is 3.36. The minimum Gasteiger partial charge on any atom is -0.267 e. The average Bonchev–Trinajstić information content (AvgIpc) is 2.69. The lowest BCUT2D eigenvalue weighted by molar-refractivity contribution is 0.0949. The first-order valence-corrected chi connectivity index (χ1v) is 9.61. The number of allylic oxidation sites excluding steroid dienone is 3. The van der Waals surface area contributed by atoms with Crippen molar-refractivity contribution in [3.8, 4) is 0 Å². The molecule has 1 aliphatic rings. The Morgan fingerprint density at radius 1 is 1.36 bits per heavy atom. The van der Waals surface area contributed by atoms with Gasteiger partial charge in [-0.25, -0.2) is 10.1 Å². The number of hydrogen-bond donors (Lipinski definition) is 1. The van der Waals surface area contributed by atoms with Gasteiger partial charge in [0.2, 0.25) is 0 Å². The first-order chi connectivity index (χ1) is 13.4. The fraction of sp³-hybridized carbons (Fsp3) is 0.364. The van der Waals surface area contributed by atoms with Crippen molar-refractivity contribution in [2.45, 2.75) is 46.6 Å². The molecule has 0 spiro atoms. The second kappa shape index (κ2) is 8.33. The van der Waals surface area contributed by atoms with Crippen LogP contribution in [0.2, 0.25) is 0 Å². The summed E-state index contributed by atoms with van der Waals surface area (Å²) in [6.07, 6.45) is 4.58. The fourth-order valence-corrected chi connectivity index (χ4v) is 3.36. The summed E-state index contributed by atoms with van der Waals surface area (Å²) in [5.41, 5.74) is 5.69. The molecule has 0 unspecified atom stereocenters. The summed E-state index contributed by atoms with van der Waals surface area (Å²) < 4.78 is 1.35. The highest BCUT2D eigenvalue weighted by molar-refractivity contribution is 6.06. The molecule has 2 aromatic rings. The third-order valence-corrected chi connectivity index (χ3v) is 5.11. The van der Waals surface area contributed by atoms with Crippen LogP contribution in [0.4, 0.5) is 0 Å². The number of carbonyl (C=O) groups excluding carboxylic acids is 1. The standard InChI is InChI=1S/C22H26N4O2/c1-5-12-26-22(28)18-9-7-6-8-17(18)20(25-26)21(27)24-23-19-13-16(14(2)3)11-10-15(19)4/h6-10,16H,2,5,11-13H2,1,3-4H3,(H,24,27)/b23-19-/t16-/m1/s1. The van der Waals surface area contributed by atoms with Crippen molar-refractivity contribution >= 4 is 22.4 Å². The number of amides is 1. The molecule has 0 saturated heterocycles. The molecule has 6 heteroatoms. The Bertz CT molecular complexity index is 1050. The van der Waals surface area contributed by atoms with E-state index in [1.54, 1.807) is 24.3 Å². The van der Waals surface area contributed by atoms with Crippen LogP contribution in [-0.2, 0) is 6.54 Å². The second-order valence-corrected chi connectivity index (χ2v) is 7.29. The molecule has 6 nitrogen and oxygen atoms in total. The number of aromatic nitrogens is 2. The lowest BCUT2D eigenvalue weighted by Crippen LogP contribution is -2.29. The lowest BCUT2D eigenvalue weighted by atomic mass is 9.85. The Kier molecular flexibility index (Phi) is 5.87. The maximum absolute atomic E-state index is 12.9. The zero-order valence-electron chi connectivity index (χ0n) is 16.7. The molecule has 1 amide bonds. The third-order valence-electron chi connectivity index (χ3n) is 5.11. The second-order valence-electron chi connectivity index (χ2n) is 7.29. The number of aryl methyl sites for hydroxylation is 1. The van der Waals surface area contributed by atoms with Crippen LogP contribution in [0, 0.1) is 5.92 Å². The smallest absolute Gasteiger partial charge is 0.267 e. The van der Waals surface area contributed by atoms with Crippen LogP contribution in [0.15, 0.2) is 58.0 Å². The minimum atomic E-state index is -0.418. The Labute approximate surface area is 164 Å². The maximum Gasteiger partial charge on any atom is 0.292 e. The van der Waals surface area contributed by atoms with Crippen molar-refractivity contribution in [1.82, 2.24) is 15.2 Å². The number of nitrogens with zero attached hydrogens (tertiary/aromatic N) is 3. The Balaban J connectivity index is 1.95. The number of benzene rings is 1. The van der Waals surface area contributed by atoms with Gasteiger partial charge in [-0.1, -0.05) is 43.4 Å². The van der Waals surface area contributed by atoms with E-state index in [2.05, 4.69) is 28.3 Å². The third kappa shape index (κ3) is 3.96. The number of rotatable bonds is 5. The van der Waals surface area contributed by atoms with E-state index in [0.717, 1.165) is 36.1 Å². The number of fused-ring (bicyclic) bond motifs is 1. The molecule has 0 bridgehead atoms. The van der Waals surface area contributed by atoms with E-state index in [-0.39, 0.29) is 11.3 Å². The van der Waals surface area contributed by atoms with Crippen molar-refractivity contribution < 1.29 is 4.79 Å². The van der Waals surface area contributed by atoms with Crippen LogP contribution in [0.1, 0.15) is 50.5 Å². The minimum absolute atomic E-state index is 0.185. The number of hydrogen-bond acceptors (Lipinski definition) is 4. The quantitative estimate of drug-likeness (QED) is 0.635. The topological polar surface area (TPSA) is 76.3 Å². The van der Waals surface area contributed by atoms with Gasteiger partial charge in [0.05, 0.1) is 11.1 Å². The molecule has 146 valence electrons. The first kappa shape index (κ1) is 19.7. The predicted octanol–water partition coefficient (Wildman–Crippen LogP) is 3.82. The van der Waals surface area contributed by atoms with E-state index in [0.29, 0.717) is 23.2 Å². The summed E-state index contributed by atoms with van der Waals surface area (Å²) in [7, 11) is 0. The van der Waals surface area contributed by atoms with Crippen molar-refractivity contribution in [1.29, 1.82) is 0 Å². The van der Waals surface area contributed by atoms with Gasteiger partial charge in [0.25, 0.3) is 11.5 Å². The zero-order chi connectivity index (χ0) is 20.3. The Morgan fingerprint density at radius 3 is 2.75 bits per heavy atom. The van der Waals surface area contributed by atoms with Gasteiger partial charge in [-0.2, -0.15) is 10.2 Å². The summed E-state index contributed by atoms with van der Waals surface area (Å²) in [5, 5.41) is 9.69. The highest BCUT2D eigenvalue weighted by atomic mass is 16.2. The summed E-state index contributed by atoms with van der Waals surface area (Å²) >= 11 is 0. The highest BCUT2D eigenvalue weighted by Gasteiger charge is 2.20. The van der Waals surface area contributed by atoms with Crippen LogP contribution in [0.25, 0.3) is 10.8 Å². The molecular weight excluding hydrogens is 352 g/mol. The van der Waals surface area contributed by atoms with Gasteiger partial charge in [0.15, 0.2) is 5.69 Å². The number of carbonyl (C=O) groups is 1. The molecule has 0 saturated carbocycles. The van der Waals surface area contributed by atoms with Gasteiger partial charge in [-0.05, 0) is 50.7 Å². The van der Waals surface area contributed by atoms with Crippen molar-refractivity contribution in [3.63, 3.8) is 0 Å². The van der Waals surface area contributed by atoms with E-state index in [1.807, 2.05) is 20.8 Å². The van der Waals surface area contributed by atoms with E-state index in [4.69, 9.17) is 0 Å². The molecule has 28 heavy (non-hydrogen) atoms. The van der Waals surface area contributed by atoms with Gasteiger partial charge in [0.1, 0.15) is 0 Å². The summed E-state index contributed by atoms with van der Waals surface area (Å²) in [4.78, 5) is 25.4. The normalized spacial score (nSPS) is 18.2. The Hall–Kier alpha value is -3.02. The predicted molar refractivity (Wildman–Crippen MR) is 112 cm³/mol.